The van der Waals surface area contributed by atoms with Crippen molar-refractivity contribution in [1.29, 1.82) is 0 Å². The summed E-state index contributed by atoms with van der Waals surface area (Å²) < 4.78 is 5.28. The molecule has 0 spiro atoms. The number of amides is 1. The van der Waals surface area contributed by atoms with E-state index in [0.29, 0.717) is 13.1 Å². The monoisotopic (exact) mass is 236 g/mol. The van der Waals surface area contributed by atoms with E-state index in [9.17, 15) is 4.79 Å². The number of carbonyl (C=O) groups excluding carboxylic acids is 1. The lowest BCUT2D eigenvalue weighted by atomic mass is 10.1. The van der Waals surface area contributed by atoms with E-state index in [1.807, 2.05) is 24.0 Å². The van der Waals surface area contributed by atoms with Gasteiger partial charge in [-0.1, -0.05) is 0 Å². The van der Waals surface area contributed by atoms with Crippen LogP contribution < -0.4 is 5.73 Å². The maximum atomic E-state index is 12.3. The average molecular weight is 236 g/mol. The van der Waals surface area contributed by atoms with Crippen molar-refractivity contribution in [2.24, 2.45) is 11.7 Å². The van der Waals surface area contributed by atoms with Gasteiger partial charge in [0.1, 0.15) is 5.76 Å². The van der Waals surface area contributed by atoms with Crippen molar-refractivity contribution in [3.63, 3.8) is 0 Å². The number of nitrogens with two attached hydrogens (primary N) is 1. The molecule has 2 N–H and O–H groups in total. The minimum absolute atomic E-state index is 0.111. The van der Waals surface area contributed by atoms with Crippen LogP contribution in [0.1, 0.15) is 31.9 Å². The number of carbonyl (C=O) groups is 1. The van der Waals surface area contributed by atoms with E-state index in [4.69, 9.17) is 10.2 Å². The summed E-state index contributed by atoms with van der Waals surface area (Å²) in [6.07, 6.45) is 4.36. The van der Waals surface area contributed by atoms with Crippen molar-refractivity contribution in [3.05, 3.63) is 24.2 Å². The number of furan rings is 1. The van der Waals surface area contributed by atoms with Gasteiger partial charge in [0, 0.05) is 18.5 Å². The third-order valence-corrected chi connectivity index (χ3v) is 3.44. The first-order valence-corrected chi connectivity index (χ1v) is 6.27. The summed E-state index contributed by atoms with van der Waals surface area (Å²) in [6.45, 7) is 3.27. The molecule has 1 heterocycles. The van der Waals surface area contributed by atoms with Gasteiger partial charge in [0.25, 0.3) is 0 Å². The molecule has 0 saturated heterocycles. The van der Waals surface area contributed by atoms with Gasteiger partial charge in [-0.3, -0.25) is 4.79 Å². The molecule has 94 valence electrons. The number of rotatable bonds is 4. The molecule has 2 rings (SSSR count). The molecule has 2 unspecified atom stereocenters. The Morgan fingerprint density at radius 2 is 2.41 bits per heavy atom. The van der Waals surface area contributed by atoms with E-state index in [2.05, 4.69) is 0 Å². The summed E-state index contributed by atoms with van der Waals surface area (Å²) in [5.74, 6) is 1.17. The normalized spacial score (nSPS) is 23.9. The van der Waals surface area contributed by atoms with Crippen molar-refractivity contribution in [3.8, 4) is 0 Å². The zero-order chi connectivity index (χ0) is 12.3. The maximum Gasteiger partial charge on any atom is 0.226 e. The molecule has 1 aromatic heterocycles. The Morgan fingerprint density at radius 1 is 1.59 bits per heavy atom. The molecule has 17 heavy (non-hydrogen) atoms. The first-order chi connectivity index (χ1) is 8.20. The zero-order valence-corrected chi connectivity index (χ0v) is 10.3. The number of nitrogens with zero attached hydrogens (tertiary/aromatic N) is 1. The van der Waals surface area contributed by atoms with Crippen LogP contribution in [0.3, 0.4) is 0 Å². The summed E-state index contributed by atoms with van der Waals surface area (Å²) in [5.41, 5.74) is 5.85. The molecule has 1 saturated carbocycles. The van der Waals surface area contributed by atoms with E-state index < -0.39 is 0 Å². The van der Waals surface area contributed by atoms with Gasteiger partial charge in [-0.05, 0) is 38.3 Å². The van der Waals surface area contributed by atoms with E-state index in [0.717, 1.165) is 25.0 Å². The topological polar surface area (TPSA) is 59.5 Å². The van der Waals surface area contributed by atoms with Crippen molar-refractivity contribution >= 4 is 5.91 Å². The van der Waals surface area contributed by atoms with E-state index in [1.165, 1.54) is 0 Å². The van der Waals surface area contributed by atoms with Gasteiger partial charge >= 0.3 is 0 Å². The summed E-state index contributed by atoms with van der Waals surface area (Å²) in [7, 11) is 0. The van der Waals surface area contributed by atoms with Gasteiger partial charge in [0.05, 0.1) is 12.8 Å². The second kappa shape index (κ2) is 5.36. The Morgan fingerprint density at radius 3 is 2.94 bits per heavy atom. The molecule has 1 aromatic rings. The maximum absolute atomic E-state index is 12.3. The lowest BCUT2D eigenvalue weighted by Gasteiger charge is -2.23. The molecule has 0 aliphatic heterocycles. The van der Waals surface area contributed by atoms with Crippen molar-refractivity contribution in [1.82, 2.24) is 4.90 Å². The average Bonchev–Trinajstić information content (AvgIpc) is 2.96. The predicted molar refractivity (Wildman–Crippen MR) is 65.1 cm³/mol. The summed E-state index contributed by atoms with van der Waals surface area (Å²) in [6, 6.07) is 3.95. The lowest BCUT2D eigenvalue weighted by Crippen LogP contribution is -2.35. The second-order valence-electron chi connectivity index (χ2n) is 4.70. The predicted octanol–water partition coefficient (Wildman–Crippen LogP) is 1.76. The largest absolute Gasteiger partial charge is 0.467 e. The summed E-state index contributed by atoms with van der Waals surface area (Å²) >= 11 is 0. The van der Waals surface area contributed by atoms with Crippen LogP contribution in [0.25, 0.3) is 0 Å². The molecule has 0 radical (unpaired) electrons. The molecule has 2 atom stereocenters. The highest BCUT2D eigenvalue weighted by Gasteiger charge is 2.30. The molecular formula is C13H20N2O2. The zero-order valence-electron chi connectivity index (χ0n) is 10.3. The Balaban J connectivity index is 1.95. The Labute approximate surface area is 102 Å². The van der Waals surface area contributed by atoms with E-state index in [1.54, 1.807) is 6.26 Å². The minimum atomic E-state index is 0.111. The van der Waals surface area contributed by atoms with Gasteiger partial charge in [0.2, 0.25) is 5.91 Å². The lowest BCUT2D eigenvalue weighted by molar-refractivity contribution is -0.136. The number of hydrogen-bond donors (Lipinski definition) is 1. The molecule has 0 aromatic carbocycles. The summed E-state index contributed by atoms with van der Waals surface area (Å²) in [4.78, 5) is 14.1. The molecule has 1 aliphatic rings. The number of hydrogen-bond acceptors (Lipinski definition) is 3. The first kappa shape index (κ1) is 12.2. The van der Waals surface area contributed by atoms with Gasteiger partial charge in [-0.25, -0.2) is 0 Å². The molecular weight excluding hydrogens is 216 g/mol. The van der Waals surface area contributed by atoms with Crippen molar-refractivity contribution in [2.75, 3.05) is 6.54 Å². The van der Waals surface area contributed by atoms with Crippen molar-refractivity contribution in [2.45, 2.75) is 38.8 Å². The molecule has 1 fully saturated rings. The third-order valence-electron chi connectivity index (χ3n) is 3.44. The highest BCUT2D eigenvalue weighted by Crippen LogP contribution is 2.26. The molecule has 0 bridgehead atoms. The summed E-state index contributed by atoms with van der Waals surface area (Å²) in [5, 5.41) is 0. The standard InChI is InChI=1S/C13H20N2O2/c1-2-15(9-12-4-3-7-17-12)13(16)10-5-6-11(14)8-10/h3-4,7,10-11H,2,5-6,8-9,14H2,1H3. The third kappa shape index (κ3) is 2.88. The first-order valence-electron chi connectivity index (χ1n) is 6.27. The van der Waals surface area contributed by atoms with Crippen LogP contribution in [0.2, 0.25) is 0 Å². The quantitative estimate of drug-likeness (QED) is 0.866. The van der Waals surface area contributed by atoms with Gasteiger partial charge in [0.15, 0.2) is 0 Å². The fraction of sp³-hybridized carbons (Fsp3) is 0.615. The second-order valence-corrected chi connectivity index (χ2v) is 4.70. The van der Waals surface area contributed by atoms with Crippen LogP contribution in [-0.2, 0) is 11.3 Å². The van der Waals surface area contributed by atoms with Crippen LogP contribution in [-0.4, -0.2) is 23.4 Å². The highest BCUT2D eigenvalue weighted by molar-refractivity contribution is 5.79. The van der Waals surface area contributed by atoms with Gasteiger partial charge in [-0.15, -0.1) is 0 Å². The molecule has 4 heteroatoms. The smallest absolute Gasteiger partial charge is 0.226 e. The van der Waals surface area contributed by atoms with Crippen LogP contribution in [0.5, 0.6) is 0 Å². The highest BCUT2D eigenvalue weighted by atomic mass is 16.3. The fourth-order valence-electron chi connectivity index (χ4n) is 2.44. The Hall–Kier alpha value is -1.29. The SMILES string of the molecule is CCN(Cc1ccco1)C(=O)C1CCC(N)C1. The van der Waals surface area contributed by atoms with Crippen molar-refractivity contribution < 1.29 is 9.21 Å². The van der Waals surface area contributed by atoms with Crippen LogP contribution in [0, 0.1) is 5.92 Å². The minimum Gasteiger partial charge on any atom is -0.467 e. The van der Waals surface area contributed by atoms with E-state index >= 15 is 0 Å². The molecule has 1 amide bonds. The molecule has 4 nitrogen and oxygen atoms in total. The van der Waals surface area contributed by atoms with Crippen LogP contribution in [0.15, 0.2) is 22.8 Å². The Bertz CT molecular complexity index is 362. The fourth-order valence-corrected chi connectivity index (χ4v) is 2.44. The van der Waals surface area contributed by atoms with Gasteiger partial charge in [-0.2, -0.15) is 0 Å². The van der Waals surface area contributed by atoms with Crippen LogP contribution >= 0.6 is 0 Å². The van der Waals surface area contributed by atoms with Gasteiger partial charge < -0.3 is 15.1 Å². The van der Waals surface area contributed by atoms with Crippen LogP contribution in [0.4, 0.5) is 0 Å². The Kier molecular flexibility index (Phi) is 3.84. The van der Waals surface area contributed by atoms with E-state index in [-0.39, 0.29) is 17.9 Å². The molecule has 1 aliphatic carbocycles.